The first kappa shape index (κ1) is 19.1. The number of carbonyl (C=O) groups excluding carboxylic acids is 2. The molecule has 0 radical (unpaired) electrons. The molecule has 1 saturated carbocycles. The second-order valence-electron chi connectivity index (χ2n) is 7.87. The van der Waals surface area contributed by atoms with Crippen LogP contribution in [0.5, 0.6) is 0 Å². The molecule has 1 aromatic heterocycles. The fourth-order valence-electron chi connectivity index (χ4n) is 4.18. The third kappa shape index (κ3) is 4.24. The van der Waals surface area contributed by atoms with Crippen molar-refractivity contribution in [2.45, 2.75) is 57.9 Å². The average Bonchev–Trinajstić information content (AvgIpc) is 3.44. The topological polar surface area (TPSA) is 75.2 Å². The normalized spacial score (nSPS) is 19.9. The van der Waals surface area contributed by atoms with Crippen molar-refractivity contribution in [2.75, 3.05) is 11.9 Å². The van der Waals surface area contributed by atoms with Gasteiger partial charge in [0.05, 0.1) is 6.04 Å². The molecule has 0 bridgehead atoms. The summed E-state index contributed by atoms with van der Waals surface area (Å²) in [6, 6.07) is 7.61. The lowest BCUT2D eigenvalue weighted by Crippen LogP contribution is -2.31. The molecule has 1 N–H and O–H groups in total. The van der Waals surface area contributed by atoms with E-state index >= 15 is 0 Å². The smallest absolute Gasteiger partial charge is 0.286 e. The molecule has 0 unspecified atom stereocenters. The number of nitrogens with one attached hydrogen (secondary N) is 1. The van der Waals surface area contributed by atoms with Gasteiger partial charge in [-0.15, -0.1) is 10.2 Å². The molecule has 7 heteroatoms. The summed E-state index contributed by atoms with van der Waals surface area (Å²) in [5.41, 5.74) is 1.88. The lowest BCUT2D eigenvalue weighted by atomic mass is 10.0. The highest BCUT2D eigenvalue weighted by atomic mass is 32.1. The zero-order chi connectivity index (χ0) is 19.5. The van der Waals surface area contributed by atoms with Crippen LogP contribution in [0.2, 0.25) is 0 Å². The Labute approximate surface area is 169 Å². The fourth-order valence-corrected chi connectivity index (χ4v) is 5.07. The number of benzene rings is 1. The second kappa shape index (κ2) is 8.39. The number of nitrogens with zero attached hydrogens (tertiary/aromatic N) is 3. The maximum atomic E-state index is 12.8. The van der Waals surface area contributed by atoms with Gasteiger partial charge < -0.3 is 10.2 Å². The van der Waals surface area contributed by atoms with E-state index in [1.165, 1.54) is 37.0 Å². The molecule has 2 heterocycles. The Hall–Kier alpha value is -2.28. The Morgan fingerprint density at radius 3 is 2.61 bits per heavy atom. The summed E-state index contributed by atoms with van der Waals surface area (Å²) in [4.78, 5) is 27.2. The maximum absolute atomic E-state index is 12.8. The number of hydrogen-bond acceptors (Lipinski definition) is 5. The van der Waals surface area contributed by atoms with Crippen LogP contribution in [-0.4, -0.2) is 33.5 Å². The van der Waals surface area contributed by atoms with E-state index < -0.39 is 0 Å². The third-order valence-corrected chi connectivity index (χ3v) is 6.76. The Bertz CT molecular complexity index is 842. The van der Waals surface area contributed by atoms with Crippen LogP contribution in [0, 0.1) is 12.8 Å². The molecule has 2 aliphatic rings. The van der Waals surface area contributed by atoms with Crippen molar-refractivity contribution in [3.63, 3.8) is 0 Å². The summed E-state index contributed by atoms with van der Waals surface area (Å²) >= 11 is 1.30. The van der Waals surface area contributed by atoms with Crippen molar-refractivity contribution in [1.29, 1.82) is 0 Å². The SMILES string of the molecule is Cc1ccc(NC(=O)c2nnc([C@@H]3CCCN3C(=O)CC3CCCC3)s2)cc1. The number of amides is 2. The molecule has 1 atom stereocenters. The van der Waals surface area contributed by atoms with Crippen molar-refractivity contribution >= 4 is 28.8 Å². The third-order valence-electron chi connectivity index (χ3n) is 5.74. The summed E-state index contributed by atoms with van der Waals surface area (Å²) in [6.45, 7) is 2.78. The number of rotatable bonds is 5. The fraction of sp³-hybridized carbons (Fsp3) is 0.524. The molecule has 4 rings (SSSR count). The molecule has 1 saturated heterocycles. The zero-order valence-corrected chi connectivity index (χ0v) is 17.0. The average molecular weight is 399 g/mol. The van der Waals surface area contributed by atoms with Crippen LogP contribution in [0.1, 0.15) is 71.4 Å². The van der Waals surface area contributed by atoms with E-state index in [1.54, 1.807) is 0 Å². The minimum Gasteiger partial charge on any atom is -0.333 e. The predicted molar refractivity (Wildman–Crippen MR) is 109 cm³/mol. The van der Waals surface area contributed by atoms with Gasteiger partial charge >= 0.3 is 0 Å². The van der Waals surface area contributed by atoms with Crippen LogP contribution >= 0.6 is 11.3 Å². The number of hydrogen-bond donors (Lipinski definition) is 1. The molecular weight excluding hydrogens is 372 g/mol. The number of aryl methyl sites for hydroxylation is 1. The van der Waals surface area contributed by atoms with Crippen molar-refractivity contribution < 1.29 is 9.59 Å². The van der Waals surface area contributed by atoms with Crippen molar-refractivity contribution in [1.82, 2.24) is 15.1 Å². The minimum atomic E-state index is -0.255. The van der Waals surface area contributed by atoms with Gasteiger partial charge in [0.2, 0.25) is 10.9 Å². The van der Waals surface area contributed by atoms with E-state index in [4.69, 9.17) is 0 Å². The van der Waals surface area contributed by atoms with Crippen LogP contribution in [0.4, 0.5) is 5.69 Å². The summed E-state index contributed by atoms with van der Waals surface area (Å²) in [7, 11) is 0. The van der Waals surface area contributed by atoms with Crippen LogP contribution < -0.4 is 5.32 Å². The van der Waals surface area contributed by atoms with Gasteiger partial charge in [-0.3, -0.25) is 9.59 Å². The monoisotopic (exact) mass is 398 g/mol. The first-order chi connectivity index (χ1) is 13.6. The predicted octanol–water partition coefficient (Wildman–Crippen LogP) is 4.34. The van der Waals surface area contributed by atoms with Gasteiger partial charge in [0.15, 0.2) is 0 Å². The first-order valence-corrected chi connectivity index (χ1v) is 10.9. The Kier molecular flexibility index (Phi) is 5.71. The molecule has 28 heavy (non-hydrogen) atoms. The molecule has 1 aliphatic heterocycles. The van der Waals surface area contributed by atoms with Gasteiger partial charge in [0.25, 0.3) is 5.91 Å². The van der Waals surface area contributed by atoms with Gasteiger partial charge in [0, 0.05) is 18.7 Å². The number of carbonyl (C=O) groups is 2. The highest BCUT2D eigenvalue weighted by molar-refractivity contribution is 7.13. The first-order valence-electron chi connectivity index (χ1n) is 10.1. The van der Waals surface area contributed by atoms with Crippen molar-refractivity contribution in [2.24, 2.45) is 5.92 Å². The lowest BCUT2D eigenvalue weighted by Gasteiger charge is -2.24. The van der Waals surface area contributed by atoms with E-state index in [1.807, 2.05) is 36.1 Å². The maximum Gasteiger partial charge on any atom is 0.286 e. The summed E-state index contributed by atoms with van der Waals surface area (Å²) in [5, 5.41) is 12.3. The lowest BCUT2D eigenvalue weighted by molar-refractivity contribution is -0.133. The quantitative estimate of drug-likeness (QED) is 0.813. The number of aromatic nitrogens is 2. The number of anilines is 1. The van der Waals surface area contributed by atoms with Crippen molar-refractivity contribution in [3.8, 4) is 0 Å². The molecule has 1 aliphatic carbocycles. The summed E-state index contributed by atoms with van der Waals surface area (Å²) < 4.78 is 0. The Morgan fingerprint density at radius 2 is 1.86 bits per heavy atom. The van der Waals surface area contributed by atoms with E-state index in [0.29, 0.717) is 17.3 Å². The Balaban J connectivity index is 1.41. The Morgan fingerprint density at radius 1 is 1.11 bits per heavy atom. The molecular formula is C21H26N4O2S. The minimum absolute atomic E-state index is 0.0349. The molecule has 148 valence electrons. The van der Waals surface area contributed by atoms with E-state index in [-0.39, 0.29) is 17.9 Å². The van der Waals surface area contributed by atoms with Crippen LogP contribution in [0.3, 0.4) is 0 Å². The molecule has 2 amide bonds. The molecule has 2 fully saturated rings. The second-order valence-corrected chi connectivity index (χ2v) is 8.87. The van der Waals surface area contributed by atoms with Crippen LogP contribution in [-0.2, 0) is 4.79 Å². The van der Waals surface area contributed by atoms with E-state index in [9.17, 15) is 9.59 Å². The number of likely N-dealkylation sites (tertiary alicyclic amines) is 1. The molecule has 1 aromatic carbocycles. The highest BCUT2D eigenvalue weighted by Crippen LogP contribution is 2.36. The summed E-state index contributed by atoms with van der Waals surface area (Å²) in [6.07, 6.45) is 7.36. The zero-order valence-electron chi connectivity index (χ0n) is 16.2. The van der Waals surface area contributed by atoms with Crippen LogP contribution in [0.15, 0.2) is 24.3 Å². The van der Waals surface area contributed by atoms with E-state index in [2.05, 4.69) is 15.5 Å². The molecule has 6 nitrogen and oxygen atoms in total. The van der Waals surface area contributed by atoms with Gasteiger partial charge in [-0.2, -0.15) is 0 Å². The van der Waals surface area contributed by atoms with Gasteiger partial charge in [-0.25, -0.2) is 0 Å². The van der Waals surface area contributed by atoms with Gasteiger partial charge in [-0.05, 0) is 50.7 Å². The molecule has 2 aromatic rings. The molecule has 0 spiro atoms. The van der Waals surface area contributed by atoms with E-state index in [0.717, 1.165) is 35.6 Å². The van der Waals surface area contributed by atoms with Crippen molar-refractivity contribution in [3.05, 3.63) is 39.8 Å². The van der Waals surface area contributed by atoms with Crippen LogP contribution in [0.25, 0.3) is 0 Å². The summed E-state index contributed by atoms with van der Waals surface area (Å²) in [5.74, 6) is 0.517. The highest BCUT2D eigenvalue weighted by Gasteiger charge is 2.34. The largest absolute Gasteiger partial charge is 0.333 e. The standard InChI is InChI=1S/C21H26N4O2S/c1-14-8-10-16(11-9-14)22-19(27)21-24-23-20(28-21)17-7-4-12-25(17)18(26)13-15-5-2-3-6-15/h8-11,15,17H,2-7,12-13H2,1H3,(H,22,27)/t17-/m0/s1. The van der Waals surface area contributed by atoms with Gasteiger partial charge in [-0.1, -0.05) is 41.9 Å². The van der Waals surface area contributed by atoms with Gasteiger partial charge in [0.1, 0.15) is 5.01 Å².